The monoisotopic (exact) mass is 374 g/mol. The Morgan fingerprint density at radius 2 is 1.46 bits per heavy atom. The van der Waals surface area contributed by atoms with E-state index in [-0.39, 0.29) is 24.8 Å². The lowest BCUT2D eigenvalue weighted by molar-refractivity contribution is -0.143. The molecule has 3 amide bonds. The highest BCUT2D eigenvalue weighted by molar-refractivity contribution is 5.93. The predicted octanol–water partition coefficient (Wildman–Crippen LogP) is -1.82. The summed E-state index contributed by atoms with van der Waals surface area (Å²) in [4.78, 5) is 47.2. The number of rotatable bonds is 11. The van der Waals surface area contributed by atoms with Gasteiger partial charge in [0.15, 0.2) is 0 Å². The van der Waals surface area contributed by atoms with E-state index in [4.69, 9.17) is 5.73 Å². The molecule has 26 heavy (non-hydrogen) atoms. The molecule has 0 aromatic heterocycles. The summed E-state index contributed by atoms with van der Waals surface area (Å²) < 4.78 is 0. The number of hydrogen-bond donors (Lipinski definition) is 6. The highest BCUT2D eigenvalue weighted by atomic mass is 16.4. The largest absolute Gasteiger partial charge is 0.480 e. The Morgan fingerprint density at radius 3 is 1.85 bits per heavy atom. The van der Waals surface area contributed by atoms with Crippen LogP contribution in [0.4, 0.5) is 0 Å². The third-order valence-electron chi connectivity index (χ3n) is 3.59. The molecule has 0 spiro atoms. The van der Waals surface area contributed by atoms with E-state index in [1.807, 2.05) is 0 Å². The summed E-state index contributed by atoms with van der Waals surface area (Å²) in [6.45, 7) is 5.98. The van der Waals surface area contributed by atoms with Crippen molar-refractivity contribution >= 4 is 23.7 Å². The number of carbonyl (C=O) groups excluding carboxylic acids is 3. The maximum absolute atomic E-state index is 12.3. The number of carboxylic acid groups (broad SMARTS) is 1. The molecule has 0 aromatic carbocycles. The van der Waals surface area contributed by atoms with E-state index in [0.29, 0.717) is 0 Å². The van der Waals surface area contributed by atoms with Crippen molar-refractivity contribution in [1.29, 1.82) is 0 Å². The van der Waals surface area contributed by atoms with Crippen molar-refractivity contribution in [2.75, 3.05) is 13.2 Å². The number of nitrogens with two attached hydrogens (primary N) is 1. The number of aliphatic carboxylic acids is 1. The highest BCUT2D eigenvalue weighted by Crippen LogP contribution is 2.06. The first-order valence-electron chi connectivity index (χ1n) is 8.47. The summed E-state index contributed by atoms with van der Waals surface area (Å²) in [6, 6.07) is -3.42. The third kappa shape index (κ3) is 8.26. The van der Waals surface area contributed by atoms with E-state index in [9.17, 15) is 29.4 Å². The van der Waals surface area contributed by atoms with Crippen LogP contribution in [0, 0.1) is 11.8 Å². The standard InChI is InChI=1S/C16H30N4O6/c1-8(2)5-10(16(25)26)18-14(23)11(7-21)19-15(24)13(9(3)4)20-12(22)6-17/h8-11,13,21H,5-7,17H2,1-4H3,(H,18,23)(H,19,24)(H,20,22)(H,25,26). The fraction of sp³-hybridized carbons (Fsp3) is 0.750. The topological polar surface area (TPSA) is 171 Å². The van der Waals surface area contributed by atoms with Crippen molar-refractivity contribution in [2.45, 2.75) is 52.2 Å². The van der Waals surface area contributed by atoms with Gasteiger partial charge >= 0.3 is 5.97 Å². The Balaban J connectivity index is 5.03. The molecule has 0 bridgehead atoms. The summed E-state index contributed by atoms with van der Waals surface area (Å²) in [5.41, 5.74) is 5.22. The van der Waals surface area contributed by atoms with Crippen LogP contribution in [0.15, 0.2) is 0 Å². The normalized spacial score (nSPS) is 14.5. The molecular formula is C16H30N4O6. The lowest BCUT2D eigenvalue weighted by atomic mass is 10.0. The number of carboxylic acids is 1. The number of hydrogen-bond acceptors (Lipinski definition) is 6. The second-order valence-electron chi connectivity index (χ2n) is 6.77. The molecule has 0 saturated heterocycles. The van der Waals surface area contributed by atoms with Crippen molar-refractivity contribution in [1.82, 2.24) is 16.0 Å². The molecule has 0 heterocycles. The summed E-state index contributed by atoms with van der Waals surface area (Å²) in [6.07, 6.45) is 0.203. The first kappa shape index (κ1) is 23.8. The van der Waals surface area contributed by atoms with Gasteiger partial charge in [-0.05, 0) is 18.3 Å². The number of nitrogens with one attached hydrogen (secondary N) is 3. The second kappa shape index (κ2) is 11.4. The fourth-order valence-corrected chi connectivity index (χ4v) is 2.19. The molecule has 10 nitrogen and oxygen atoms in total. The molecule has 10 heteroatoms. The zero-order valence-electron chi connectivity index (χ0n) is 15.6. The van der Waals surface area contributed by atoms with Crippen molar-refractivity contribution in [3.05, 3.63) is 0 Å². The summed E-state index contributed by atoms with van der Waals surface area (Å²) in [5.74, 6) is -3.50. The van der Waals surface area contributed by atoms with Gasteiger partial charge in [0, 0.05) is 0 Å². The van der Waals surface area contributed by atoms with Gasteiger partial charge in [0.05, 0.1) is 13.2 Å². The highest BCUT2D eigenvalue weighted by Gasteiger charge is 2.30. The van der Waals surface area contributed by atoms with Gasteiger partial charge in [0.1, 0.15) is 18.1 Å². The maximum atomic E-state index is 12.3. The van der Waals surface area contributed by atoms with E-state index in [2.05, 4.69) is 16.0 Å². The van der Waals surface area contributed by atoms with Crippen LogP contribution in [0.3, 0.4) is 0 Å². The summed E-state index contributed by atoms with van der Waals surface area (Å²) in [7, 11) is 0. The average Bonchev–Trinajstić information content (AvgIpc) is 2.55. The molecule has 0 fully saturated rings. The molecule has 0 rings (SSSR count). The van der Waals surface area contributed by atoms with Gasteiger partial charge in [0.25, 0.3) is 0 Å². The van der Waals surface area contributed by atoms with Crippen molar-refractivity contribution in [3.8, 4) is 0 Å². The lowest BCUT2D eigenvalue weighted by Gasteiger charge is -2.25. The van der Waals surface area contributed by atoms with Crippen LogP contribution in [-0.4, -0.2) is 65.2 Å². The minimum Gasteiger partial charge on any atom is -0.480 e. The Labute approximate surface area is 152 Å². The van der Waals surface area contributed by atoms with Gasteiger partial charge in [-0.3, -0.25) is 14.4 Å². The van der Waals surface area contributed by atoms with Crippen molar-refractivity contribution in [2.24, 2.45) is 17.6 Å². The zero-order chi connectivity index (χ0) is 20.4. The molecule has 0 aliphatic carbocycles. The molecule has 0 aliphatic heterocycles. The number of carbonyl (C=O) groups is 4. The van der Waals surface area contributed by atoms with Gasteiger partial charge in [-0.15, -0.1) is 0 Å². The van der Waals surface area contributed by atoms with Crippen molar-refractivity contribution in [3.63, 3.8) is 0 Å². The van der Waals surface area contributed by atoms with Gasteiger partial charge in [0.2, 0.25) is 17.7 Å². The minimum atomic E-state index is -1.34. The molecule has 150 valence electrons. The molecular weight excluding hydrogens is 344 g/mol. The molecule has 0 saturated carbocycles. The molecule has 0 aliphatic rings. The lowest BCUT2D eigenvalue weighted by Crippen LogP contribution is -2.58. The molecule has 3 unspecified atom stereocenters. The molecule has 0 aromatic rings. The van der Waals surface area contributed by atoms with Crippen LogP contribution in [0.1, 0.15) is 34.1 Å². The molecule has 7 N–H and O–H groups in total. The number of aliphatic hydroxyl groups excluding tert-OH is 1. The quantitative estimate of drug-likeness (QED) is 0.247. The fourth-order valence-electron chi connectivity index (χ4n) is 2.19. The van der Waals surface area contributed by atoms with E-state index in [0.717, 1.165) is 0 Å². The van der Waals surface area contributed by atoms with E-state index < -0.39 is 48.4 Å². The first-order valence-corrected chi connectivity index (χ1v) is 8.47. The Morgan fingerprint density at radius 1 is 0.923 bits per heavy atom. The number of amides is 3. The SMILES string of the molecule is CC(C)CC(NC(=O)C(CO)NC(=O)C(NC(=O)CN)C(C)C)C(=O)O. The van der Waals surface area contributed by atoms with Gasteiger partial charge in [-0.1, -0.05) is 27.7 Å². The van der Waals surface area contributed by atoms with Crippen LogP contribution in [0.25, 0.3) is 0 Å². The van der Waals surface area contributed by atoms with E-state index in [1.54, 1.807) is 27.7 Å². The predicted molar refractivity (Wildman–Crippen MR) is 93.9 cm³/mol. The summed E-state index contributed by atoms with van der Waals surface area (Å²) in [5, 5.41) is 25.6. The van der Waals surface area contributed by atoms with Crippen molar-refractivity contribution < 1.29 is 29.4 Å². The van der Waals surface area contributed by atoms with Crippen LogP contribution in [0.2, 0.25) is 0 Å². The first-order chi connectivity index (χ1) is 12.0. The van der Waals surface area contributed by atoms with Crippen LogP contribution in [-0.2, 0) is 19.2 Å². The van der Waals surface area contributed by atoms with Crippen LogP contribution >= 0.6 is 0 Å². The Kier molecular flexibility index (Phi) is 10.5. The third-order valence-corrected chi connectivity index (χ3v) is 3.59. The smallest absolute Gasteiger partial charge is 0.326 e. The van der Waals surface area contributed by atoms with Gasteiger partial charge in [-0.2, -0.15) is 0 Å². The minimum absolute atomic E-state index is 0.0235. The van der Waals surface area contributed by atoms with E-state index >= 15 is 0 Å². The molecule has 3 atom stereocenters. The van der Waals surface area contributed by atoms with E-state index in [1.165, 1.54) is 0 Å². The van der Waals surface area contributed by atoms with Crippen LogP contribution in [0.5, 0.6) is 0 Å². The molecule has 0 radical (unpaired) electrons. The van der Waals surface area contributed by atoms with Gasteiger partial charge < -0.3 is 31.9 Å². The second-order valence-corrected chi connectivity index (χ2v) is 6.77. The Bertz CT molecular complexity index is 509. The number of aliphatic hydroxyl groups is 1. The summed E-state index contributed by atoms with van der Waals surface area (Å²) >= 11 is 0. The maximum Gasteiger partial charge on any atom is 0.326 e. The zero-order valence-corrected chi connectivity index (χ0v) is 15.6. The van der Waals surface area contributed by atoms with Gasteiger partial charge in [-0.25, -0.2) is 4.79 Å². The average molecular weight is 374 g/mol. The van der Waals surface area contributed by atoms with Crippen LogP contribution < -0.4 is 21.7 Å². The Hall–Kier alpha value is -2.20.